The van der Waals surface area contributed by atoms with Crippen LogP contribution in [0.5, 0.6) is 0 Å². The molecule has 106 valence electrons. The van der Waals surface area contributed by atoms with Crippen molar-refractivity contribution in [2.75, 3.05) is 11.1 Å². The Morgan fingerprint density at radius 2 is 2.00 bits per heavy atom. The van der Waals surface area contributed by atoms with E-state index in [1.54, 1.807) is 30.3 Å². The quantitative estimate of drug-likeness (QED) is 0.589. The second-order valence-corrected chi connectivity index (χ2v) is 5.75. The summed E-state index contributed by atoms with van der Waals surface area (Å²) in [5.41, 5.74) is 8.29. The third-order valence-electron chi connectivity index (χ3n) is 3.13. The fourth-order valence-corrected chi connectivity index (χ4v) is 2.63. The van der Waals surface area contributed by atoms with Gasteiger partial charge in [0, 0.05) is 5.39 Å². The third-order valence-corrected chi connectivity index (χ3v) is 4.53. The Bertz CT molecular complexity index is 844. The molecular formula is C15H11BrClN3O. The van der Waals surface area contributed by atoms with Gasteiger partial charge in [-0.15, -0.1) is 0 Å². The standard InChI is InChI=1S/C15H11BrClN3O/c16-13-9(17)4-2-6-11(13)20-15(21)12-7-8-3-1-5-10(18)14(8)19-12/h1-7,19H,18H2,(H,20,21). The van der Waals surface area contributed by atoms with Crippen molar-refractivity contribution in [2.24, 2.45) is 0 Å². The van der Waals surface area contributed by atoms with Gasteiger partial charge in [-0.2, -0.15) is 0 Å². The molecule has 0 fully saturated rings. The molecule has 21 heavy (non-hydrogen) atoms. The van der Waals surface area contributed by atoms with Gasteiger partial charge >= 0.3 is 0 Å². The van der Waals surface area contributed by atoms with Gasteiger partial charge in [-0.1, -0.05) is 29.8 Å². The number of anilines is 2. The molecule has 4 N–H and O–H groups in total. The van der Waals surface area contributed by atoms with E-state index in [0.29, 0.717) is 26.6 Å². The van der Waals surface area contributed by atoms with Crippen LogP contribution in [-0.4, -0.2) is 10.9 Å². The first-order valence-corrected chi connectivity index (χ1v) is 7.36. The number of para-hydroxylation sites is 1. The summed E-state index contributed by atoms with van der Waals surface area (Å²) >= 11 is 9.36. The number of carbonyl (C=O) groups excluding carboxylic acids is 1. The van der Waals surface area contributed by atoms with Crippen LogP contribution in [0.2, 0.25) is 5.02 Å². The van der Waals surface area contributed by atoms with Crippen LogP contribution in [-0.2, 0) is 0 Å². The molecule has 1 heterocycles. The molecule has 0 saturated carbocycles. The number of hydrogen-bond donors (Lipinski definition) is 3. The molecule has 3 aromatic rings. The number of nitrogen functional groups attached to an aromatic ring is 1. The van der Waals surface area contributed by atoms with Crippen molar-refractivity contribution < 1.29 is 4.79 Å². The van der Waals surface area contributed by atoms with Gasteiger partial charge in [0.05, 0.1) is 26.4 Å². The van der Waals surface area contributed by atoms with Crippen LogP contribution < -0.4 is 11.1 Å². The second kappa shape index (κ2) is 5.42. The number of benzene rings is 2. The van der Waals surface area contributed by atoms with Crippen molar-refractivity contribution in [3.05, 3.63) is 57.7 Å². The first kappa shape index (κ1) is 14.0. The summed E-state index contributed by atoms with van der Waals surface area (Å²) in [5.74, 6) is -0.256. The highest BCUT2D eigenvalue weighted by molar-refractivity contribution is 9.10. The van der Waals surface area contributed by atoms with Crippen LogP contribution in [0, 0.1) is 0 Å². The maximum Gasteiger partial charge on any atom is 0.272 e. The molecule has 0 aliphatic heterocycles. The van der Waals surface area contributed by atoms with Crippen molar-refractivity contribution in [2.45, 2.75) is 0 Å². The van der Waals surface area contributed by atoms with E-state index in [-0.39, 0.29) is 5.91 Å². The molecule has 2 aromatic carbocycles. The Kier molecular flexibility index (Phi) is 3.61. The SMILES string of the molecule is Nc1cccc2cc(C(=O)Nc3cccc(Cl)c3Br)[nH]c12. The maximum atomic E-state index is 12.3. The molecule has 6 heteroatoms. The number of aromatic nitrogens is 1. The van der Waals surface area contributed by atoms with Gasteiger partial charge in [0.15, 0.2) is 0 Å². The Balaban J connectivity index is 1.94. The van der Waals surface area contributed by atoms with Gasteiger partial charge in [0.1, 0.15) is 5.69 Å². The van der Waals surface area contributed by atoms with Crippen LogP contribution in [0.3, 0.4) is 0 Å². The predicted octanol–water partition coefficient (Wildman–Crippen LogP) is 4.42. The normalized spacial score (nSPS) is 10.8. The van der Waals surface area contributed by atoms with E-state index >= 15 is 0 Å². The van der Waals surface area contributed by atoms with Crippen molar-refractivity contribution in [3.63, 3.8) is 0 Å². The zero-order valence-electron chi connectivity index (χ0n) is 10.8. The van der Waals surface area contributed by atoms with Gasteiger partial charge < -0.3 is 16.0 Å². The van der Waals surface area contributed by atoms with Crippen LogP contribution in [0.15, 0.2) is 46.9 Å². The second-order valence-electron chi connectivity index (χ2n) is 4.55. The zero-order chi connectivity index (χ0) is 15.0. The lowest BCUT2D eigenvalue weighted by Crippen LogP contribution is -2.12. The molecular weight excluding hydrogens is 354 g/mol. The lowest BCUT2D eigenvalue weighted by atomic mass is 10.2. The molecule has 4 nitrogen and oxygen atoms in total. The number of nitrogens with one attached hydrogen (secondary N) is 2. The van der Waals surface area contributed by atoms with Gasteiger partial charge in [0.25, 0.3) is 5.91 Å². The number of hydrogen-bond acceptors (Lipinski definition) is 2. The summed E-state index contributed by atoms with van der Waals surface area (Å²) in [5, 5.41) is 4.24. The highest BCUT2D eigenvalue weighted by Gasteiger charge is 2.13. The molecule has 3 rings (SSSR count). The minimum atomic E-state index is -0.256. The Labute approximate surface area is 134 Å². The predicted molar refractivity (Wildman–Crippen MR) is 89.8 cm³/mol. The average Bonchev–Trinajstić information content (AvgIpc) is 2.89. The van der Waals surface area contributed by atoms with E-state index in [1.165, 1.54) is 0 Å². The topological polar surface area (TPSA) is 70.9 Å². The largest absolute Gasteiger partial charge is 0.397 e. The maximum absolute atomic E-state index is 12.3. The molecule has 0 atom stereocenters. The summed E-state index contributed by atoms with van der Waals surface area (Å²) in [4.78, 5) is 15.3. The van der Waals surface area contributed by atoms with Crippen molar-refractivity contribution in [1.29, 1.82) is 0 Å². The molecule has 1 aromatic heterocycles. The fourth-order valence-electron chi connectivity index (χ4n) is 2.09. The number of rotatable bonds is 2. The first-order valence-electron chi connectivity index (χ1n) is 6.19. The number of halogens is 2. The first-order chi connectivity index (χ1) is 10.1. The van der Waals surface area contributed by atoms with E-state index in [2.05, 4.69) is 26.2 Å². The van der Waals surface area contributed by atoms with Crippen molar-refractivity contribution in [1.82, 2.24) is 4.98 Å². The molecule has 0 spiro atoms. The molecule has 0 bridgehead atoms. The smallest absolute Gasteiger partial charge is 0.272 e. The molecule has 1 amide bonds. The lowest BCUT2D eigenvalue weighted by molar-refractivity contribution is 0.102. The van der Waals surface area contributed by atoms with Crippen LogP contribution in [0.1, 0.15) is 10.5 Å². The highest BCUT2D eigenvalue weighted by atomic mass is 79.9. The molecule has 0 saturated heterocycles. The number of fused-ring (bicyclic) bond motifs is 1. The summed E-state index contributed by atoms with van der Waals surface area (Å²) < 4.78 is 0.649. The van der Waals surface area contributed by atoms with Crippen LogP contribution >= 0.6 is 27.5 Å². The van der Waals surface area contributed by atoms with Gasteiger partial charge in [-0.3, -0.25) is 4.79 Å². The molecule has 0 radical (unpaired) electrons. The molecule has 0 aliphatic rings. The number of amides is 1. The van der Waals surface area contributed by atoms with Gasteiger partial charge in [-0.25, -0.2) is 0 Å². The minimum Gasteiger partial charge on any atom is -0.397 e. The summed E-state index contributed by atoms with van der Waals surface area (Å²) in [7, 11) is 0. The number of nitrogens with two attached hydrogens (primary N) is 1. The van der Waals surface area contributed by atoms with Crippen molar-refractivity contribution >= 4 is 55.7 Å². The Morgan fingerprint density at radius 3 is 2.76 bits per heavy atom. The van der Waals surface area contributed by atoms with E-state index in [9.17, 15) is 4.79 Å². The molecule has 0 aliphatic carbocycles. The number of carbonyl (C=O) groups is 1. The number of H-pyrrole nitrogens is 1. The Morgan fingerprint density at radius 1 is 1.24 bits per heavy atom. The van der Waals surface area contributed by atoms with E-state index in [0.717, 1.165) is 10.9 Å². The molecule has 0 unspecified atom stereocenters. The summed E-state index contributed by atoms with van der Waals surface area (Å²) in [6, 6.07) is 12.6. The highest BCUT2D eigenvalue weighted by Crippen LogP contribution is 2.30. The van der Waals surface area contributed by atoms with Crippen LogP contribution in [0.4, 0.5) is 11.4 Å². The van der Waals surface area contributed by atoms with Gasteiger partial charge in [0.2, 0.25) is 0 Å². The summed E-state index contributed by atoms with van der Waals surface area (Å²) in [6.07, 6.45) is 0. The van der Waals surface area contributed by atoms with E-state index in [1.807, 2.05) is 12.1 Å². The third kappa shape index (κ3) is 2.62. The van der Waals surface area contributed by atoms with E-state index in [4.69, 9.17) is 17.3 Å². The lowest BCUT2D eigenvalue weighted by Gasteiger charge is -2.07. The number of aromatic amines is 1. The average molecular weight is 365 g/mol. The zero-order valence-corrected chi connectivity index (χ0v) is 13.1. The van der Waals surface area contributed by atoms with Gasteiger partial charge in [-0.05, 0) is 40.2 Å². The Hall–Kier alpha value is -1.98. The monoisotopic (exact) mass is 363 g/mol. The fraction of sp³-hybridized carbons (Fsp3) is 0. The van der Waals surface area contributed by atoms with Crippen molar-refractivity contribution in [3.8, 4) is 0 Å². The van der Waals surface area contributed by atoms with Crippen LogP contribution in [0.25, 0.3) is 10.9 Å². The summed E-state index contributed by atoms with van der Waals surface area (Å²) in [6.45, 7) is 0. The minimum absolute atomic E-state index is 0.256. The van der Waals surface area contributed by atoms with E-state index < -0.39 is 0 Å².